The van der Waals surface area contributed by atoms with Crippen molar-refractivity contribution in [1.82, 2.24) is 4.98 Å². The van der Waals surface area contributed by atoms with Crippen LogP contribution < -0.4 is 5.73 Å². The largest absolute Gasteiger partial charge is 0.386 e. The summed E-state index contributed by atoms with van der Waals surface area (Å²) in [5.41, 5.74) is 7.16. The van der Waals surface area contributed by atoms with E-state index >= 15 is 0 Å². The van der Waals surface area contributed by atoms with Crippen molar-refractivity contribution in [2.45, 2.75) is 6.43 Å². The standard InChI is InChI=1S/C14H12ClF2N3/c15-8-13(18)19-10-6-4-9(5-7-10)11-2-1-3-12(20-11)14(16)17/h1-7,14H,8H2,(H2,18,19). The first-order valence-corrected chi connectivity index (χ1v) is 6.38. The lowest BCUT2D eigenvalue weighted by molar-refractivity contribution is 0.146. The molecule has 0 atom stereocenters. The monoisotopic (exact) mass is 295 g/mol. The SMILES string of the molecule is NC(CCl)=Nc1ccc(-c2cccc(C(F)F)n2)cc1. The van der Waals surface area contributed by atoms with E-state index in [0.29, 0.717) is 17.2 Å². The predicted molar refractivity (Wildman–Crippen MR) is 76.6 cm³/mol. The van der Waals surface area contributed by atoms with E-state index in [1.54, 1.807) is 36.4 Å². The Balaban J connectivity index is 2.28. The number of aromatic nitrogens is 1. The number of amidine groups is 1. The van der Waals surface area contributed by atoms with Gasteiger partial charge in [0.2, 0.25) is 0 Å². The Labute approximate surface area is 120 Å². The van der Waals surface area contributed by atoms with E-state index in [2.05, 4.69) is 9.98 Å². The molecule has 2 rings (SSSR count). The van der Waals surface area contributed by atoms with Crippen LogP contribution in [0.2, 0.25) is 0 Å². The van der Waals surface area contributed by atoms with Crippen LogP contribution in [0.4, 0.5) is 14.5 Å². The highest BCUT2D eigenvalue weighted by Gasteiger charge is 2.09. The molecule has 2 aromatic rings. The molecule has 0 radical (unpaired) electrons. The molecular weight excluding hydrogens is 284 g/mol. The van der Waals surface area contributed by atoms with Gasteiger partial charge in [0, 0.05) is 5.56 Å². The van der Waals surface area contributed by atoms with Crippen molar-refractivity contribution in [3.8, 4) is 11.3 Å². The first kappa shape index (κ1) is 14.4. The smallest absolute Gasteiger partial charge is 0.280 e. The fourth-order valence-corrected chi connectivity index (χ4v) is 1.70. The Morgan fingerprint density at radius 1 is 1.20 bits per heavy atom. The normalized spacial score (nSPS) is 11.9. The van der Waals surface area contributed by atoms with Gasteiger partial charge in [0.1, 0.15) is 11.5 Å². The number of nitrogens with two attached hydrogens (primary N) is 1. The highest BCUT2D eigenvalue weighted by atomic mass is 35.5. The minimum absolute atomic E-state index is 0.153. The van der Waals surface area contributed by atoms with Crippen LogP contribution in [0.25, 0.3) is 11.3 Å². The van der Waals surface area contributed by atoms with E-state index in [4.69, 9.17) is 17.3 Å². The number of nitrogens with zero attached hydrogens (tertiary/aromatic N) is 2. The van der Waals surface area contributed by atoms with Crippen LogP contribution in [0, 0.1) is 0 Å². The molecule has 0 aliphatic carbocycles. The van der Waals surface area contributed by atoms with Gasteiger partial charge in [0.15, 0.2) is 0 Å². The lowest BCUT2D eigenvalue weighted by atomic mass is 10.1. The first-order chi connectivity index (χ1) is 9.60. The molecule has 0 saturated heterocycles. The molecule has 0 bridgehead atoms. The van der Waals surface area contributed by atoms with Gasteiger partial charge >= 0.3 is 0 Å². The molecule has 3 nitrogen and oxygen atoms in total. The van der Waals surface area contributed by atoms with Crippen LogP contribution >= 0.6 is 11.6 Å². The first-order valence-electron chi connectivity index (χ1n) is 5.84. The Hall–Kier alpha value is -2.01. The maximum Gasteiger partial charge on any atom is 0.280 e. The quantitative estimate of drug-likeness (QED) is 0.528. The molecule has 0 amide bonds. The number of aliphatic imine (C=N–C) groups is 1. The number of halogens is 3. The summed E-state index contributed by atoms with van der Waals surface area (Å²) in [4.78, 5) is 8.00. The average molecular weight is 296 g/mol. The zero-order valence-electron chi connectivity index (χ0n) is 10.4. The van der Waals surface area contributed by atoms with E-state index in [1.807, 2.05) is 0 Å². The van der Waals surface area contributed by atoms with Crippen LogP contribution in [0.15, 0.2) is 47.5 Å². The van der Waals surface area contributed by atoms with Gasteiger partial charge in [-0.05, 0) is 24.3 Å². The highest BCUT2D eigenvalue weighted by molar-refractivity contribution is 6.28. The molecule has 1 heterocycles. The van der Waals surface area contributed by atoms with Gasteiger partial charge in [-0.25, -0.2) is 18.8 Å². The maximum absolute atomic E-state index is 12.6. The van der Waals surface area contributed by atoms with Gasteiger partial charge in [-0.2, -0.15) is 0 Å². The van der Waals surface area contributed by atoms with Crippen molar-refractivity contribution < 1.29 is 8.78 Å². The van der Waals surface area contributed by atoms with Crippen molar-refractivity contribution >= 4 is 23.1 Å². The van der Waals surface area contributed by atoms with E-state index in [-0.39, 0.29) is 11.6 Å². The predicted octanol–water partition coefficient (Wildman–Crippen LogP) is 3.91. The molecule has 20 heavy (non-hydrogen) atoms. The van der Waals surface area contributed by atoms with E-state index < -0.39 is 6.43 Å². The van der Waals surface area contributed by atoms with Crippen molar-refractivity contribution in [1.29, 1.82) is 0 Å². The van der Waals surface area contributed by atoms with Crippen molar-refractivity contribution in [3.63, 3.8) is 0 Å². The van der Waals surface area contributed by atoms with Gasteiger partial charge < -0.3 is 5.73 Å². The van der Waals surface area contributed by atoms with Crippen molar-refractivity contribution in [2.24, 2.45) is 10.7 Å². The summed E-state index contributed by atoms with van der Waals surface area (Å²) in [5.74, 6) is 0.469. The summed E-state index contributed by atoms with van der Waals surface area (Å²) in [6, 6.07) is 11.5. The summed E-state index contributed by atoms with van der Waals surface area (Å²) < 4.78 is 25.2. The summed E-state index contributed by atoms with van der Waals surface area (Å²) in [6.45, 7) is 0. The highest BCUT2D eigenvalue weighted by Crippen LogP contribution is 2.24. The summed E-state index contributed by atoms with van der Waals surface area (Å²) in [5, 5.41) is 0. The third-order valence-corrected chi connectivity index (χ3v) is 2.84. The van der Waals surface area contributed by atoms with Crippen molar-refractivity contribution in [2.75, 3.05) is 5.88 Å². The molecule has 1 aromatic carbocycles. The minimum atomic E-state index is -2.58. The second-order valence-electron chi connectivity index (χ2n) is 4.03. The Morgan fingerprint density at radius 2 is 1.90 bits per heavy atom. The molecule has 1 aromatic heterocycles. The third kappa shape index (κ3) is 3.51. The zero-order chi connectivity index (χ0) is 14.5. The molecular formula is C14H12ClF2N3. The third-order valence-electron chi connectivity index (χ3n) is 2.57. The number of hydrogen-bond acceptors (Lipinski definition) is 2. The Bertz CT molecular complexity index is 612. The van der Waals surface area contributed by atoms with Gasteiger partial charge in [-0.3, -0.25) is 0 Å². The number of alkyl halides is 3. The Morgan fingerprint density at radius 3 is 2.50 bits per heavy atom. The molecule has 0 unspecified atom stereocenters. The van der Waals surface area contributed by atoms with Gasteiger partial charge in [-0.15, -0.1) is 11.6 Å². The fourth-order valence-electron chi connectivity index (χ4n) is 1.64. The Kier molecular flexibility index (Phi) is 4.63. The molecule has 104 valence electrons. The maximum atomic E-state index is 12.6. The molecule has 0 saturated carbocycles. The molecule has 0 aliphatic rings. The summed E-state index contributed by atoms with van der Waals surface area (Å²) in [6.07, 6.45) is -2.58. The molecule has 0 fully saturated rings. The van der Waals surface area contributed by atoms with Crippen LogP contribution in [0.3, 0.4) is 0 Å². The zero-order valence-corrected chi connectivity index (χ0v) is 11.2. The van der Waals surface area contributed by atoms with Crippen LogP contribution in [0.1, 0.15) is 12.1 Å². The number of pyridine rings is 1. The second-order valence-corrected chi connectivity index (χ2v) is 4.30. The van der Waals surface area contributed by atoms with Gasteiger partial charge in [0.05, 0.1) is 17.3 Å². The topological polar surface area (TPSA) is 51.3 Å². The summed E-state index contributed by atoms with van der Waals surface area (Å²) in [7, 11) is 0. The van der Waals surface area contributed by atoms with Gasteiger partial charge in [0.25, 0.3) is 6.43 Å². The van der Waals surface area contributed by atoms with Crippen LogP contribution in [-0.2, 0) is 0 Å². The van der Waals surface area contributed by atoms with E-state index in [9.17, 15) is 8.78 Å². The molecule has 2 N–H and O–H groups in total. The summed E-state index contributed by atoms with van der Waals surface area (Å²) >= 11 is 5.54. The lowest BCUT2D eigenvalue weighted by Crippen LogP contribution is -2.12. The van der Waals surface area contributed by atoms with Crippen LogP contribution in [-0.4, -0.2) is 16.7 Å². The molecule has 0 spiro atoms. The lowest BCUT2D eigenvalue weighted by Gasteiger charge is -2.04. The molecule has 0 aliphatic heterocycles. The molecule has 6 heteroatoms. The van der Waals surface area contributed by atoms with E-state index in [0.717, 1.165) is 5.56 Å². The second kappa shape index (κ2) is 6.43. The van der Waals surface area contributed by atoms with E-state index in [1.165, 1.54) is 6.07 Å². The number of benzene rings is 1. The number of hydrogen-bond donors (Lipinski definition) is 1. The van der Waals surface area contributed by atoms with Crippen LogP contribution in [0.5, 0.6) is 0 Å². The van der Waals surface area contributed by atoms with Crippen molar-refractivity contribution in [3.05, 3.63) is 48.2 Å². The minimum Gasteiger partial charge on any atom is -0.386 e. The fraction of sp³-hybridized carbons (Fsp3) is 0.143. The van der Waals surface area contributed by atoms with Gasteiger partial charge in [-0.1, -0.05) is 18.2 Å². The average Bonchev–Trinajstić information content (AvgIpc) is 2.48. The number of rotatable bonds is 4.